The molecule has 1 aromatic carbocycles. The Morgan fingerprint density at radius 2 is 1.45 bits per heavy atom. The van der Waals surface area contributed by atoms with Crippen molar-refractivity contribution in [2.24, 2.45) is 11.8 Å². The Bertz CT molecular complexity index is 421. The van der Waals surface area contributed by atoms with Crippen LogP contribution in [0, 0.1) is 24.6 Å². The standard InChI is InChI=1S/C17H23FO2/c1-12-15(19-10-8-13-2-3-13)6-7-16(17(12)18)20-11-9-14-4-5-14/h6-7,13-14H,2-5,8-11H2,1H3. The maximum Gasteiger partial charge on any atom is 0.171 e. The number of halogens is 1. The summed E-state index contributed by atoms with van der Waals surface area (Å²) in [5.41, 5.74) is 0.560. The molecule has 20 heavy (non-hydrogen) atoms. The van der Waals surface area contributed by atoms with Crippen LogP contribution in [0.25, 0.3) is 0 Å². The Labute approximate surface area is 120 Å². The van der Waals surface area contributed by atoms with Gasteiger partial charge in [0.1, 0.15) is 5.75 Å². The topological polar surface area (TPSA) is 18.5 Å². The quantitative estimate of drug-likeness (QED) is 0.697. The minimum atomic E-state index is -0.273. The van der Waals surface area contributed by atoms with Crippen molar-refractivity contribution in [3.8, 4) is 11.5 Å². The second-order valence-electron chi connectivity index (χ2n) is 6.16. The summed E-state index contributed by atoms with van der Waals surface area (Å²) >= 11 is 0. The van der Waals surface area contributed by atoms with E-state index in [0.29, 0.717) is 30.3 Å². The van der Waals surface area contributed by atoms with Gasteiger partial charge < -0.3 is 9.47 Å². The first-order valence-corrected chi connectivity index (χ1v) is 7.78. The molecule has 0 saturated heterocycles. The van der Waals surface area contributed by atoms with Crippen molar-refractivity contribution in [1.29, 1.82) is 0 Å². The second-order valence-corrected chi connectivity index (χ2v) is 6.16. The van der Waals surface area contributed by atoms with Gasteiger partial charge in [-0.15, -0.1) is 0 Å². The molecule has 0 aromatic heterocycles. The van der Waals surface area contributed by atoms with Gasteiger partial charge >= 0.3 is 0 Å². The summed E-state index contributed by atoms with van der Waals surface area (Å²) in [6.45, 7) is 3.06. The van der Waals surface area contributed by atoms with Gasteiger partial charge in [-0.2, -0.15) is 0 Å². The monoisotopic (exact) mass is 278 g/mol. The van der Waals surface area contributed by atoms with Crippen molar-refractivity contribution in [1.82, 2.24) is 0 Å². The minimum Gasteiger partial charge on any atom is -0.493 e. The van der Waals surface area contributed by atoms with Crippen LogP contribution in [0.4, 0.5) is 4.39 Å². The molecule has 2 fully saturated rings. The van der Waals surface area contributed by atoms with Gasteiger partial charge in [-0.25, -0.2) is 4.39 Å². The third-order valence-corrected chi connectivity index (χ3v) is 4.26. The smallest absolute Gasteiger partial charge is 0.171 e. The van der Waals surface area contributed by atoms with Gasteiger partial charge in [0.15, 0.2) is 11.6 Å². The molecular formula is C17H23FO2. The molecule has 2 saturated carbocycles. The van der Waals surface area contributed by atoms with Crippen molar-refractivity contribution in [2.75, 3.05) is 13.2 Å². The van der Waals surface area contributed by atoms with Gasteiger partial charge in [-0.05, 0) is 43.7 Å². The highest BCUT2D eigenvalue weighted by atomic mass is 19.1. The fourth-order valence-electron chi connectivity index (χ4n) is 2.39. The number of hydrogen-bond donors (Lipinski definition) is 0. The summed E-state index contributed by atoms with van der Waals surface area (Å²) < 4.78 is 25.4. The third kappa shape index (κ3) is 3.65. The van der Waals surface area contributed by atoms with Crippen LogP contribution in [-0.4, -0.2) is 13.2 Å². The highest BCUT2D eigenvalue weighted by Crippen LogP contribution is 2.34. The van der Waals surface area contributed by atoms with Crippen molar-refractivity contribution in [2.45, 2.75) is 45.4 Å². The summed E-state index contributed by atoms with van der Waals surface area (Å²) in [5.74, 6) is 2.38. The van der Waals surface area contributed by atoms with Crippen LogP contribution in [0.15, 0.2) is 12.1 Å². The predicted molar refractivity (Wildman–Crippen MR) is 76.8 cm³/mol. The summed E-state index contributed by atoms with van der Waals surface area (Å²) in [6, 6.07) is 3.53. The van der Waals surface area contributed by atoms with Crippen LogP contribution in [-0.2, 0) is 0 Å². The Morgan fingerprint density at radius 1 is 0.950 bits per heavy atom. The molecule has 0 bridgehead atoms. The average molecular weight is 278 g/mol. The number of rotatable bonds is 8. The molecule has 0 heterocycles. The molecule has 2 aliphatic carbocycles. The van der Waals surface area contributed by atoms with E-state index in [4.69, 9.17) is 9.47 Å². The predicted octanol–water partition coefficient (Wildman–Crippen LogP) is 4.49. The van der Waals surface area contributed by atoms with E-state index in [-0.39, 0.29) is 5.82 Å². The molecule has 0 spiro atoms. The Kier molecular flexibility index (Phi) is 4.13. The molecule has 2 aliphatic rings. The molecule has 1 aromatic rings. The van der Waals surface area contributed by atoms with E-state index in [0.717, 1.165) is 24.7 Å². The lowest BCUT2D eigenvalue weighted by molar-refractivity contribution is 0.279. The fourth-order valence-corrected chi connectivity index (χ4v) is 2.39. The van der Waals surface area contributed by atoms with E-state index in [9.17, 15) is 4.39 Å². The lowest BCUT2D eigenvalue weighted by Gasteiger charge is -2.13. The van der Waals surface area contributed by atoms with Gasteiger partial charge in [0, 0.05) is 5.56 Å². The van der Waals surface area contributed by atoms with Crippen LogP contribution < -0.4 is 9.47 Å². The molecule has 0 amide bonds. The van der Waals surface area contributed by atoms with E-state index in [1.807, 2.05) is 6.07 Å². The largest absolute Gasteiger partial charge is 0.493 e. The first kappa shape index (κ1) is 13.7. The normalized spacial score (nSPS) is 18.1. The number of ether oxygens (including phenoxy) is 2. The maximum absolute atomic E-state index is 14.2. The van der Waals surface area contributed by atoms with Crippen LogP contribution >= 0.6 is 0 Å². The SMILES string of the molecule is Cc1c(OCCC2CC2)ccc(OCCC2CC2)c1F. The van der Waals surface area contributed by atoms with E-state index in [1.54, 1.807) is 13.0 Å². The summed E-state index contributed by atoms with van der Waals surface area (Å²) in [5, 5.41) is 0. The fraction of sp³-hybridized carbons (Fsp3) is 0.647. The first-order chi connectivity index (χ1) is 9.74. The molecule has 2 nitrogen and oxygen atoms in total. The van der Waals surface area contributed by atoms with Crippen molar-refractivity contribution >= 4 is 0 Å². The lowest BCUT2D eigenvalue weighted by Crippen LogP contribution is -2.04. The van der Waals surface area contributed by atoms with Crippen molar-refractivity contribution in [3.05, 3.63) is 23.5 Å². The maximum atomic E-state index is 14.2. The van der Waals surface area contributed by atoms with Crippen molar-refractivity contribution < 1.29 is 13.9 Å². The Morgan fingerprint density at radius 3 is 2.00 bits per heavy atom. The van der Waals surface area contributed by atoms with Gasteiger partial charge in [0.2, 0.25) is 0 Å². The average Bonchev–Trinajstić information content (AvgIpc) is 3.31. The highest BCUT2D eigenvalue weighted by Gasteiger charge is 2.22. The van der Waals surface area contributed by atoms with Crippen LogP contribution in [0.2, 0.25) is 0 Å². The van der Waals surface area contributed by atoms with Crippen LogP contribution in [0.3, 0.4) is 0 Å². The van der Waals surface area contributed by atoms with E-state index >= 15 is 0 Å². The van der Waals surface area contributed by atoms with Gasteiger partial charge in [-0.1, -0.05) is 25.7 Å². The molecule has 0 unspecified atom stereocenters. The molecule has 3 heteroatoms. The van der Waals surface area contributed by atoms with Gasteiger partial charge in [0.05, 0.1) is 13.2 Å². The van der Waals surface area contributed by atoms with Crippen LogP contribution in [0.1, 0.15) is 44.1 Å². The van der Waals surface area contributed by atoms with E-state index in [1.165, 1.54) is 25.7 Å². The highest BCUT2D eigenvalue weighted by molar-refractivity contribution is 5.41. The summed E-state index contributed by atoms with van der Waals surface area (Å²) in [6.07, 6.45) is 7.38. The molecule has 0 N–H and O–H groups in total. The molecule has 0 radical (unpaired) electrons. The summed E-state index contributed by atoms with van der Waals surface area (Å²) in [7, 11) is 0. The summed E-state index contributed by atoms with van der Waals surface area (Å²) in [4.78, 5) is 0. The second kappa shape index (κ2) is 6.02. The molecular weight excluding hydrogens is 255 g/mol. The Hall–Kier alpha value is -1.25. The molecule has 110 valence electrons. The molecule has 0 aliphatic heterocycles. The van der Waals surface area contributed by atoms with Gasteiger partial charge in [0.25, 0.3) is 0 Å². The Balaban J connectivity index is 1.53. The zero-order chi connectivity index (χ0) is 13.9. The number of benzene rings is 1. The lowest BCUT2D eigenvalue weighted by atomic mass is 10.2. The van der Waals surface area contributed by atoms with Gasteiger partial charge in [-0.3, -0.25) is 0 Å². The number of hydrogen-bond acceptors (Lipinski definition) is 2. The van der Waals surface area contributed by atoms with E-state index in [2.05, 4.69) is 0 Å². The zero-order valence-electron chi connectivity index (χ0n) is 12.2. The van der Waals surface area contributed by atoms with Crippen molar-refractivity contribution in [3.63, 3.8) is 0 Å². The molecule has 0 atom stereocenters. The van der Waals surface area contributed by atoms with Crippen LogP contribution in [0.5, 0.6) is 11.5 Å². The molecule has 3 rings (SSSR count). The van der Waals surface area contributed by atoms with E-state index < -0.39 is 0 Å². The first-order valence-electron chi connectivity index (χ1n) is 7.78. The third-order valence-electron chi connectivity index (χ3n) is 4.26. The zero-order valence-corrected chi connectivity index (χ0v) is 12.2. The minimum absolute atomic E-state index is 0.273.